The molecule has 0 spiro atoms. The molecule has 0 aliphatic heterocycles. The van der Waals surface area contributed by atoms with Crippen LogP contribution in [-0.4, -0.2) is 44.9 Å². The molecule has 1 N–H and O–H groups in total. The molecule has 11 heteroatoms. The van der Waals surface area contributed by atoms with Crippen molar-refractivity contribution in [1.29, 1.82) is 0 Å². The number of amides is 1. The van der Waals surface area contributed by atoms with Crippen LogP contribution in [0.4, 0.5) is 14.5 Å². The van der Waals surface area contributed by atoms with Crippen LogP contribution < -0.4 is 14.8 Å². The zero-order chi connectivity index (χ0) is 23.9. The van der Waals surface area contributed by atoms with Crippen molar-refractivity contribution in [2.24, 2.45) is 0 Å². The Morgan fingerprint density at radius 1 is 1.03 bits per heavy atom. The molecule has 34 heavy (non-hydrogen) atoms. The van der Waals surface area contributed by atoms with Crippen molar-refractivity contribution in [1.82, 2.24) is 19.5 Å². The number of thioether (sulfide) groups is 1. The fourth-order valence-electron chi connectivity index (χ4n) is 3.16. The highest BCUT2D eigenvalue weighted by Gasteiger charge is 2.16. The number of nitrogens with zero attached hydrogens (tertiary/aromatic N) is 4. The number of benzene rings is 2. The molecule has 0 atom stereocenters. The zero-order valence-corrected chi connectivity index (χ0v) is 18.9. The van der Waals surface area contributed by atoms with E-state index in [0.717, 1.165) is 11.3 Å². The minimum Gasteiger partial charge on any atom is -0.497 e. The SMILES string of the molecule is COc1ccc(Cc2nnc(SCC(=O)Nc3ccc(OC(F)F)cc3)n2-n2cccc2)cc1. The van der Waals surface area contributed by atoms with Gasteiger partial charge in [0.05, 0.1) is 12.9 Å². The minimum atomic E-state index is -2.90. The van der Waals surface area contributed by atoms with E-state index in [1.807, 2.05) is 58.1 Å². The molecule has 4 rings (SSSR count). The van der Waals surface area contributed by atoms with Crippen molar-refractivity contribution < 1.29 is 23.0 Å². The highest BCUT2D eigenvalue weighted by atomic mass is 32.2. The summed E-state index contributed by atoms with van der Waals surface area (Å²) in [5.74, 6) is 1.31. The number of anilines is 1. The molecule has 0 unspecified atom stereocenters. The topological polar surface area (TPSA) is 83.2 Å². The maximum atomic E-state index is 12.4. The van der Waals surface area contributed by atoms with Gasteiger partial charge in [0.15, 0.2) is 5.82 Å². The van der Waals surface area contributed by atoms with Crippen LogP contribution in [0.25, 0.3) is 0 Å². The van der Waals surface area contributed by atoms with Crippen molar-refractivity contribution in [3.05, 3.63) is 84.4 Å². The summed E-state index contributed by atoms with van der Waals surface area (Å²) in [6, 6.07) is 17.2. The van der Waals surface area contributed by atoms with E-state index in [1.165, 1.54) is 36.0 Å². The number of methoxy groups -OCH3 is 1. The Labute approximate surface area is 198 Å². The van der Waals surface area contributed by atoms with Crippen LogP contribution in [-0.2, 0) is 11.2 Å². The number of nitrogens with one attached hydrogen (secondary N) is 1. The molecule has 0 bridgehead atoms. The Kier molecular flexibility index (Phi) is 7.43. The van der Waals surface area contributed by atoms with Gasteiger partial charge >= 0.3 is 6.61 Å². The third kappa shape index (κ3) is 5.93. The summed E-state index contributed by atoms with van der Waals surface area (Å²) < 4.78 is 37.7. The minimum absolute atomic E-state index is 0.0200. The molecule has 176 valence electrons. The maximum absolute atomic E-state index is 12.4. The van der Waals surface area contributed by atoms with Crippen molar-refractivity contribution in [3.8, 4) is 11.5 Å². The Balaban J connectivity index is 1.43. The number of hydrogen-bond acceptors (Lipinski definition) is 6. The smallest absolute Gasteiger partial charge is 0.387 e. The van der Waals surface area contributed by atoms with Crippen LogP contribution in [0, 0.1) is 0 Å². The van der Waals surface area contributed by atoms with Crippen LogP contribution in [0.5, 0.6) is 11.5 Å². The van der Waals surface area contributed by atoms with Gasteiger partial charge < -0.3 is 14.8 Å². The lowest BCUT2D eigenvalue weighted by Gasteiger charge is -2.12. The number of aromatic nitrogens is 4. The largest absolute Gasteiger partial charge is 0.497 e. The van der Waals surface area contributed by atoms with E-state index in [9.17, 15) is 13.6 Å². The number of carbonyl (C=O) groups is 1. The number of rotatable bonds is 10. The number of hydrogen-bond donors (Lipinski definition) is 1. The van der Waals surface area contributed by atoms with E-state index in [2.05, 4.69) is 20.3 Å². The van der Waals surface area contributed by atoms with Crippen LogP contribution >= 0.6 is 11.8 Å². The molecule has 2 heterocycles. The first-order valence-corrected chi connectivity index (χ1v) is 11.2. The third-order valence-electron chi connectivity index (χ3n) is 4.71. The first-order valence-electron chi connectivity index (χ1n) is 10.2. The number of alkyl halides is 2. The predicted molar refractivity (Wildman–Crippen MR) is 123 cm³/mol. The number of carbonyl (C=O) groups excluding carboxylic acids is 1. The van der Waals surface area contributed by atoms with Crippen LogP contribution in [0.1, 0.15) is 11.4 Å². The molecule has 4 aromatic rings. The summed E-state index contributed by atoms with van der Waals surface area (Å²) in [6.45, 7) is -2.90. The lowest BCUT2D eigenvalue weighted by molar-refractivity contribution is -0.113. The maximum Gasteiger partial charge on any atom is 0.387 e. The average Bonchev–Trinajstić information content (AvgIpc) is 3.49. The van der Waals surface area contributed by atoms with E-state index >= 15 is 0 Å². The van der Waals surface area contributed by atoms with Gasteiger partial charge in [-0.05, 0) is 54.1 Å². The summed E-state index contributed by atoms with van der Waals surface area (Å²) in [4.78, 5) is 12.4. The monoisotopic (exact) mass is 485 g/mol. The van der Waals surface area contributed by atoms with Gasteiger partial charge in [0.2, 0.25) is 11.1 Å². The fraction of sp³-hybridized carbons (Fsp3) is 0.174. The summed E-state index contributed by atoms with van der Waals surface area (Å²) in [5, 5.41) is 11.9. The molecule has 0 radical (unpaired) electrons. The average molecular weight is 486 g/mol. The molecule has 8 nitrogen and oxygen atoms in total. The predicted octanol–water partition coefficient (Wildman–Crippen LogP) is 4.32. The first kappa shape index (κ1) is 23.3. The Morgan fingerprint density at radius 3 is 2.35 bits per heavy atom. The van der Waals surface area contributed by atoms with E-state index < -0.39 is 6.61 Å². The molecule has 0 fully saturated rings. The Hall–Kier alpha value is -3.86. The lowest BCUT2D eigenvalue weighted by atomic mass is 10.1. The highest BCUT2D eigenvalue weighted by molar-refractivity contribution is 7.99. The molecule has 1 amide bonds. The number of ether oxygens (including phenoxy) is 2. The van der Waals surface area contributed by atoms with Gasteiger partial charge in [-0.3, -0.25) is 9.47 Å². The van der Waals surface area contributed by atoms with Gasteiger partial charge in [0.25, 0.3) is 0 Å². The van der Waals surface area contributed by atoms with E-state index in [4.69, 9.17) is 4.74 Å². The van der Waals surface area contributed by atoms with Crippen LogP contribution in [0.3, 0.4) is 0 Å². The second kappa shape index (κ2) is 10.8. The summed E-state index contributed by atoms with van der Waals surface area (Å²) >= 11 is 1.23. The van der Waals surface area contributed by atoms with Gasteiger partial charge in [-0.25, -0.2) is 4.68 Å². The molecule has 0 aliphatic carbocycles. The van der Waals surface area contributed by atoms with Crippen molar-refractivity contribution >= 4 is 23.4 Å². The fourth-order valence-corrected chi connectivity index (χ4v) is 3.91. The molecule has 0 saturated heterocycles. The van der Waals surface area contributed by atoms with E-state index in [0.29, 0.717) is 23.1 Å². The molecule has 0 aliphatic rings. The Bertz CT molecular complexity index is 1210. The van der Waals surface area contributed by atoms with Crippen molar-refractivity contribution in [2.45, 2.75) is 18.2 Å². The quantitative estimate of drug-likeness (QED) is 0.337. The standard InChI is InChI=1S/C23H21F2N5O3S/c1-32-18-8-4-16(5-9-18)14-20-27-28-23(30(20)29-12-2-3-13-29)34-15-21(31)26-17-6-10-19(11-7-17)33-22(24)25/h2-13,22H,14-15H2,1H3,(H,26,31). The second-order valence-electron chi connectivity index (χ2n) is 7.04. The first-order chi connectivity index (χ1) is 16.5. The number of halogens is 2. The normalized spacial score (nSPS) is 10.9. The van der Waals surface area contributed by atoms with Gasteiger partial charge in [0.1, 0.15) is 11.5 Å². The van der Waals surface area contributed by atoms with Crippen molar-refractivity contribution in [3.63, 3.8) is 0 Å². The zero-order valence-electron chi connectivity index (χ0n) is 18.1. The van der Waals surface area contributed by atoms with Gasteiger partial charge in [0, 0.05) is 24.5 Å². The van der Waals surface area contributed by atoms with E-state index in [1.54, 1.807) is 7.11 Å². The second-order valence-corrected chi connectivity index (χ2v) is 7.98. The molecule has 0 saturated carbocycles. The summed E-state index contributed by atoms with van der Waals surface area (Å²) in [6.07, 6.45) is 4.27. The van der Waals surface area contributed by atoms with Crippen LogP contribution in [0.15, 0.2) is 78.2 Å². The summed E-state index contributed by atoms with van der Waals surface area (Å²) in [7, 11) is 1.62. The Morgan fingerprint density at radius 2 is 1.71 bits per heavy atom. The van der Waals surface area contributed by atoms with Gasteiger partial charge in [-0.1, -0.05) is 23.9 Å². The van der Waals surface area contributed by atoms with E-state index in [-0.39, 0.29) is 17.4 Å². The molecule has 2 aromatic carbocycles. The van der Waals surface area contributed by atoms with Crippen molar-refractivity contribution in [2.75, 3.05) is 18.2 Å². The molecule has 2 aromatic heterocycles. The van der Waals surface area contributed by atoms with Gasteiger partial charge in [-0.2, -0.15) is 8.78 Å². The molecular weight excluding hydrogens is 464 g/mol. The highest BCUT2D eigenvalue weighted by Crippen LogP contribution is 2.22. The van der Waals surface area contributed by atoms with Gasteiger partial charge in [-0.15, -0.1) is 10.2 Å². The van der Waals surface area contributed by atoms with Crippen LogP contribution in [0.2, 0.25) is 0 Å². The third-order valence-corrected chi connectivity index (χ3v) is 5.63. The lowest BCUT2D eigenvalue weighted by Crippen LogP contribution is -2.16. The summed E-state index contributed by atoms with van der Waals surface area (Å²) in [5.41, 5.74) is 1.51. The molecular formula is C23H21F2N5O3S.